The Morgan fingerprint density at radius 3 is 2.53 bits per heavy atom. The second kappa shape index (κ2) is 11.8. The molecule has 0 aliphatic heterocycles. The van der Waals surface area contributed by atoms with Gasteiger partial charge in [-0.05, 0) is 19.3 Å². The molecule has 112 valence electrons. The highest BCUT2D eigenvalue weighted by atomic mass is 16.5. The quantitative estimate of drug-likeness (QED) is 0.462. The average molecular weight is 274 g/mol. The number of ether oxygens (including phenoxy) is 1. The van der Waals surface area contributed by atoms with Gasteiger partial charge in [0, 0.05) is 26.1 Å². The molecular formula is C13H26N2O4. The highest BCUT2D eigenvalue weighted by molar-refractivity contribution is 5.74. The lowest BCUT2D eigenvalue weighted by atomic mass is 10.2. The molecule has 19 heavy (non-hydrogen) atoms. The standard InChI is InChI=1S/C13H26N2O4/c1-3-4-9-15(10-11-16)13(18)14-8-6-5-7-12(17)19-2/h16H,3-11H2,1-2H3,(H,14,18). The number of carbonyl (C=O) groups is 2. The molecule has 0 fully saturated rings. The molecule has 0 radical (unpaired) electrons. The molecule has 0 spiro atoms. The third-order valence-electron chi connectivity index (χ3n) is 2.75. The summed E-state index contributed by atoms with van der Waals surface area (Å²) in [5, 5.41) is 11.7. The number of carbonyl (C=O) groups excluding carboxylic acids is 2. The fourth-order valence-electron chi connectivity index (χ4n) is 1.59. The van der Waals surface area contributed by atoms with Gasteiger partial charge in [-0.3, -0.25) is 4.79 Å². The maximum absolute atomic E-state index is 11.8. The van der Waals surface area contributed by atoms with Gasteiger partial charge in [0.1, 0.15) is 0 Å². The van der Waals surface area contributed by atoms with Crippen LogP contribution in [0.5, 0.6) is 0 Å². The second-order valence-corrected chi connectivity index (χ2v) is 4.33. The van der Waals surface area contributed by atoms with E-state index in [0.29, 0.717) is 32.5 Å². The Morgan fingerprint density at radius 1 is 1.21 bits per heavy atom. The van der Waals surface area contributed by atoms with Crippen LogP contribution in [0.25, 0.3) is 0 Å². The summed E-state index contributed by atoms with van der Waals surface area (Å²) >= 11 is 0. The molecule has 0 unspecified atom stereocenters. The Morgan fingerprint density at radius 2 is 1.95 bits per heavy atom. The van der Waals surface area contributed by atoms with Crippen molar-refractivity contribution in [3.63, 3.8) is 0 Å². The molecule has 0 aliphatic rings. The number of rotatable bonds is 10. The molecule has 0 rings (SSSR count). The van der Waals surface area contributed by atoms with Gasteiger partial charge in [-0.2, -0.15) is 0 Å². The van der Waals surface area contributed by atoms with Crippen LogP contribution in [0, 0.1) is 0 Å². The number of aliphatic hydroxyl groups excluding tert-OH is 1. The minimum absolute atomic E-state index is 0.0283. The van der Waals surface area contributed by atoms with Crippen molar-refractivity contribution in [2.45, 2.75) is 39.0 Å². The summed E-state index contributed by atoms with van der Waals surface area (Å²) in [7, 11) is 1.37. The van der Waals surface area contributed by atoms with Crippen LogP contribution in [0.3, 0.4) is 0 Å². The summed E-state index contributed by atoms with van der Waals surface area (Å²) in [5.74, 6) is -0.226. The first kappa shape index (κ1) is 17.7. The molecule has 0 bridgehead atoms. The number of aliphatic hydroxyl groups is 1. The molecule has 0 aromatic carbocycles. The summed E-state index contributed by atoms with van der Waals surface area (Å²) in [6.45, 7) is 3.57. The van der Waals surface area contributed by atoms with Crippen molar-refractivity contribution < 1.29 is 19.4 Å². The number of nitrogens with one attached hydrogen (secondary N) is 1. The molecular weight excluding hydrogens is 248 g/mol. The predicted molar refractivity (Wildman–Crippen MR) is 72.8 cm³/mol. The van der Waals surface area contributed by atoms with Gasteiger partial charge in [0.15, 0.2) is 0 Å². The van der Waals surface area contributed by atoms with Crippen molar-refractivity contribution in [2.24, 2.45) is 0 Å². The third-order valence-corrected chi connectivity index (χ3v) is 2.75. The predicted octanol–water partition coefficient (Wildman–Crippen LogP) is 1.13. The van der Waals surface area contributed by atoms with Crippen molar-refractivity contribution >= 4 is 12.0 Å². The van der Waals surface area contributed by atoms with E-state index in [9.17, 15) is 9.59 Å². The monoisotopic (exact) mass is 274 g/mol. The number of esters is 1. The van der Waals surface area contributed by atoms with Crippen LogP contribution >= 0.6 is 0 Å². The van der Waals surface area contributed by atoms with Crippen LogP contribution in [-0.2, 0) is 9.53 Å². The van der Waals surface area contributed by atoms with Crippen molar-refractivity contribution in [3.8, 4) is 0 Å². The summed E-state index contributed by atoms with van der Waals surface area (Å²) in [4.78, 5) is 24.3. The second-order valence-electron chi connectivity index (χ2n) is 4.33. The summed E-state index contributed by atoms with van der Waals surface area (Å²) < 4.78 is 4.53. The molecule has 0 aromatic heterocycles. The summed E-state index contributed by atoms with van der Waals surface area (Å²) in [6, 6.07) is -0.152. The van der Waals surface area contributed by atoms with Gasteiger partial charge in [0.05, 0.1) is 13.7 Å². The van der Waals surface area contributed by atoms with Crippen molar-refractivity contribution in [1.82, 2.24) is 10.2 Å². The minimum atomic E-state index is -0.226. The highest BCUT2D eigenvalue weighted by Crippen LogP contribution is 1.98. The van der Waals surface area contributed by atoms with Crippen LogP contribution in [0.15, 0.2) is 0 Å². The molecule has 6 heteroatoms. The van der Waals surface area contributed by atoms with E-state index < -0.39 is 0 Å². The first-order valence-electron chi connectivity index (χ1n) is 6.86. The van der Waals surface area contributed by atoms with E-state index in [0.717, 1.165) is 19.3 Å². The number of amides is 2. The van der Waals surface area contributed by atoms with Gasteiger partial charge in [0.2, 0.25) is 0 Å². The summed E-state index contributed by atoms with van der Waals surface area (Å²) in [6.07, 6.45) is 3.75. The molecule has 2 amide bonds. The number of hydrogen-bond donors (Lipinski definition) is 2. The van der Waals surface area contributed by atoms with E-state index in [-0.39, 0.29) is 18.6 Å². The average Bonchev–Trinajstić information content (AvgIpc) is 2.42. The van der Waals surface area contributed by atoms with Crippen molar-refractivity contribution in [1.29, 1.82) is 0 Å². The first-order chi connectivity index (χ1) is 9.15. The van der Waals surface area contributed by atoms with Crippen LogP contribution in [0.4, 0.5) is 4.79 Å². The Kier molecular flexibility index (Phi) is 11.0. The lowest BCUT2D eigenvalue weighted by Crippen LogP contribution is -2.42. The van der Waals surface area contributed by atoms with Gasteiger partial charge in [-0.1, -0.05) is 13.3 Å². The fraction of sp³-hybridized carbons (Fsp3) is 0.846. The van der Waals surface area contributed by atoms with Gasteiger partial charge in [-0.15, -0.1) is 0 Å². The Labute approximate surface area is 115 Å². The number of unbranched alkanes of at least 4 members (excludes halogenated alkanes) is 2. The van der Waals surface area contributed by atoms with Crippen LogP contribution in [0.2, 0.25) is 0 Å². The molecule has 0 saturated carbocycles. The van der Waals surface area contributed by atoms with Gasteiger partial charge in [-0.25, -0.2) is 4.79 Å². The smallest absolute Gasteiger partial charge is 0.317 e. The van der Waals surface area contributed by atoms with Crippen molar-refractivity contribution in [3.05, 3.63) is 0 Å². The Balaban J connectivity index is 3.76. The first-order valence-corrected chi connectivity index (χ1v) is 6.86. The zero-order chi connectivity index (χ0) is 14.5. The lowest BCUT2D eigenvalue weighted by molar-refractivity contribution is -0.140. The lowest BCUT2D eigenvalue weighted by Gasteiger charge is -2.21. The molecule has 0 aliphatic carbocycles. The maximum atomic E-state index is 11.8. The van der Waals surface area contributed by atoms with E-state index >= 15 is 0 Å². The van der Waals surface area contributed by atoms with Gasteiger partial charge < -0.3 is 20.1 Å². The number of hydrogen-bond acceptors (Lipinski definition) is 4. The third kappa shape index (κ3) is 9.30. The van der Waals surface area contributed by atoms with Crippen LogP contribution < -0.4 is 5.32 Å². The normalized spacial score (nSPS) is 10.1. The van der Waals surface area contributed by atoms with E-state index in [2.05, 4.69) is 17.0 Å². The van der Waals surface area contributed by atoms with E-state index in [1.165, 1.54) is 7.11 Å². The van der Waals surface area contributed by atoms with E-state index in [1.807, 2.05) is 0 Å². The van der Waals surface area contributed by atoms with Crippen LogP contribution in [-0.4, -0.2) is 55.4 Å². The van der Waals surface area contributed by atoms with Gasteiger partial charge in [0.25, 0.3) is 0 Å². The largest absolute Gasteiger partial charge is 0.469 e. The Hall–Kier alpha value is -1.30. The summed E-state index contributed by atoms with van der Waals surface area (Å²) in [5.41, 5.74) is 0. The number of methoxy groups -OCH3 is 1. The SMILES string of the molecule is CCCCN(CCO)C(=O)NCCCCC(=O)OC. The van der Waals surface area contributed by atoms with Gasteiger partial charge >= 0.3 is 12.0 Å². The number of nitrogens with zero attached hydrogens (tertiary/aromatic N) is 1. The van der Waals surface area contributed by atoms with Crippen LogP contribution in [0.1, 0.15) is 39.0 Å². The van der Waals surface area contributed by atoms with E-state index in [4.69, 9.17) is 5.11 Å². The molecule has 6 nitrogen and oxygen atoms in total. The topological polar surface area (TPSA) is 78.9 Å². The zero-order valence-electron chi connectivity index (χ0n) is 12.0. The maximum Gasteiger partial charge on any atom is 0.317 e. The highest BCUT2D eigenvalue weighted by Gasteiger charge is 2.11. The Bertz CT molecular complexity index is 259. The molecule has 0 aromatic rings. The zero-order valence-corrected chi connectivity index (χ0v) is 12.0. The number of urea groups is 1. The molecule has 0 saturated heterocycles. The molecule has 2 N–H and O–H groups in total. The molecule has 0 heterocycles. The van der Waals surface area contributed by atoms with E-state index in [1.54, 1.807) is 4.90 Å². The minimum Gasteiger partial charge on any atom is -0.469 e. The fourth-order valence-corrected chi connectivity index (χ4v) is 1.59. The molecule has 0 atom stereocenters. The van der Waals surface area contributed by atoms with Crippen molar-refractivity contribution in [2.75, 3.05) is 33.4 Å².